The van der Waals surface area contributed by atoms with Crippen molar-refractivity contribution in [1.29, 1.82) is 0 Å². The van der Waals surface area contributed by atoms with Gasteiger partial charge in [0.05, 0.1) is 19.5 Å². The van der Waals surface area contributed by atoms with Crippen molar-refractivity contribution in [2.75, 3.05) is 0 Å². The Morgan fingerprint density at radius 2 is 0.472 bits per heavy atom. The molecule has 0 aromatic carbocycles. The summed E-state index contributed by atoms with van der Waals surface area (Å²) in [5, 5.41) is 0. The van der Waals surface area contributed by atoms with E-state index < -0.39 is 78.8 Å². The molecule has 0 aliphatic heterocycles. The van der Waals surface area contributed by atoms with Crippen LogP contribution in [0, 0.1) is 0 Å². The van der Waals surface area contributed by atoms with E-state index in [0.717, 1.165) is 0 Å². The third-order valence-electron chi connectivity index (χ3n) is 11.1. The normalized spacial score (nSPS) is 17.3. The molecule has 0 aromatic heterocycles. The Balaban J connectivity index is 8.64. The summed E-state index contributed by atoms with van der Waals surface area (Å²) in [5.74, 6) is 0. The molecule has 0 rings (SSSR count). The number of hydrogen-bond donors (Lipinski definition) is 0. The van der Waals surface area contributed by atoms with Crippen LogP contribution in [-0.2, 0) is 0 Å². The lowest BCUT2D eigenvalue weighted by molar-refractivity contribution is 1.75. The lowest BCUT2D eigenvalue weighted by Crippen LogP contribution is -2.96. The highest BCUT2D eigenvalue weighted by molar-refractivity contribution is 8.51. The number of halogens is 1. The molecule has 0 saturated carbocycles. The summed E-state index contributed by atoms with van der Waals surface area (Å²) >= 11 is 9.31. The molecule has 0 aliphatic carbocycles. The quantitative estimate of drug-likeness (QED) is 0.113. The Morgan fingerprint density at radius 1 is 0.306 bits per heavy atom. The van der Waals surface area contributed by atoms with Crippen molar-refractivity contribution in [1.82, 2.24) is 0 Å². The first-order valence-corrected chi connectivity index (χ1v) is 61.0. The van der Waals surface area contributed by atoms with Crippen LogP contribution in [0.15, 0.2) is 0 Å². The molecule has 36 heavy (non-hydrogen) atoms. The van der Waals surface area contributed by atoms with Gasteiger partial charge in [0.15, 0.2) is 0 Å². The van der Waals surface area contributed by atoms with Crippen molar-refractivity contribution in [2.45, 2.75) is 151 Å². The highest BCUT2D eigenvalue weighted by Gasteiger charge is 2.78. The fourth-order valence-electron chi connectivity index (χ4n) is 9.26. The van der Waals surface area contributed by atoms with Crippen LogP contribution in [0.4, 0.5) is 0 Å². The second-order valence-corrected chi connectivity index (χ2v) is 154. The van der Waals surface area contributed by atoms with Crippen molar-refractivity contribution in [3.63, 3.8) is 0 Å². The van der Waals surface area contributed by atoms with Crippen LogP contribution >= 0.6 is 18.8 Å². The third kappa shape index (κ3) is 5.96. The van der Waals surface area contributed by atoms with Gasteiger partial charge in [0.2, 0.25) is 0 Å². The molecule has 0 aromatic rings. The van der Waals surface area contributed by atoms with Crippen molar-refractivity contribution < 1.29 is 0 Å². The van der Waals surface area contributed by atoms with Crippen LogP contribution in [0.3, 0.4) is 0 Å². The van der Waals surface area contributed by atoms with Gasteiger partial charge in [-0.25, -0.2) is 0 Å². The molecule has 1 unspecified atom stereocenters. The van der Waals surface area contributed by atoms with E-state index in [9.17, 15) is 11.1 Å². The minimum absolute atomic E-state index is 1.28. The van der Waals surface area contributed by atoms with Gasteiger partial charge in [0.1, 0.15) is 6.09 Å². The summed E-state index contributed by atoms with van der Waals surface area (Å²) in [4.78, 5) is 0. The fourth-order valence-corrected chi connectivity index (χ4v) is 522. The highest BCUT2D eigenvalue weighted by atomic mass is 35.6. The van der Waals surface area contributed by atoms with Crippen molar-refractivity contribution in [3.8, 4) is 0 Å². The van der Waals surface area contributed by atoms with E-state index in [1.807, 2.05) is 0 Å². The average molecular weight is 722 g/mol. The molecular weight excluding hydrogens is 652 g/mol. The van der Waals surface area contributed by atoms with Gasteiger partial charge in [-0.15, -0.1) is 7.68 Å². The van der Waals surface area contributed by atoms with Gasteiger partial charge in [0, 0.05) is 53.1 Å². The summed E-state index contributed by atoms with van der Waals surface area (Å²) in [6, 6.07) is 0. The Hall–Kier alpha value is 3.11. The highest BCUT2D eigenvalue weighted by Crippen LogP contribution is 2.63. The zero-order valence-corrected chi connectivity index (χ0v) is 42.1. The molecule has 0 nitrogen and oxygen atoms in total. The Kier molecular flexibility index (Phi) is 11.6. The van der Waals surface area contributed by atoms with Crippen molar-refractivity contribution in [2.24, 2.45) is 0 Å². The van der Waals surface area contributed by atoms with E-state index in [4.69, 9.17) is 0 Å². The first-order valence-electron chi connectivity index (χ1n) is 14.4. The third-order valence-corrected chi connectivity index (χ3v) is 303. The first-order chi connectivity index (χ1) is 15.0. The van der Waals surface area contributed by atoms with E-state index >= 15 is 0 Å². The van der Waals surface area contributed by atoms with Crippen LogP contribution in [0.2, 0.25) is 151 Å². The zero-order chi connectivity index (χ0) is 30.2. The van der Waals surface area contributed by atoms with Crippen molar-refractivity contribution >= 4 is 97.5 Å². The topological polar surface area (TPSA) is 0 Å². The van der Waals surface area contributed by atoms with Gasteiger partial charge in [-0.1, -0.05) is 151 Å². The molecule has 0 heterocycles. The summed E-state index contributed by atoms with van der Waals surface area (Å²) in [5.41, 5.74) is 0. The second-order valence-electron chi connectivity index (χ2n) is 19.5. The molecule has 0 saturated heterocycles. The smallest absolute Gasteiger partial charge is 0.145 e. The second kappa shape index (κ2) is 10.7. The van der Waals surface area contributed by atoms with E-state index in [-0.39, 0.29) is 0 Å². The summed E-state index contributed by atoms with van der Waals surface area (Å²) < 4.78 is 0. The zero-order valence-electron chi connectivity index (χ0n) is 29.4. The van der Waals surface area contributed by atoms with E-state index in [1.165, 1.54) is 7.68 Å². The number of rotatable bonds is 11. The molecule has 0 aliphatic rings. The van der Waals surface area contributed by atoms with E-state index in [0.29, 0.717) is 0 Å². The minimum Gasteiger partial charge on any atom is -0.170 e. The van der Waals surface area contributed by atoms with E-state index in [1.54, 1.807) is 0 Å². The van der Waals surface area contributed by atoms with E-state index in [2.05, 4.69) is 151 Å². The van der Waals surface area contributed by atoms with Gasteiger partial charge in [0.25, 0.3) is 0 Å². The Bertz CT molecular complexity index is 680. The van der Waals surface area contributed by atoms with Crippen LogP contribution < -0.4 is 0 Å². The molecule has 0 spiro atoms. The van der Waals surface area contributed by atoms with Crippen LogP contribution in [0.25, 0.3) is 0 Å². The maximum atomic E-state index is 9.31. The lowest BCUT2D eigenvalue weighted by Gasteiger charge is -2.70. The maximum absolute atomic E-state index is 9.31. The molecular formula is C23H70ClPSi11. The molecule has 0 fully saturated rings. The summed E-state index contributed by atoms with van der Waals surface area (Å²) in [6.07, 6.45) is -3.61. The Labute approximate surface area is 246 Å². The van der Waals surface area contributed by atoms with Crippen molar-refractivity contribution in [3.05, 3.63) is 0 Å². The monoisotopic (exact) mass is 720 g/mol. The molecule has 0 bridgehead atoms. The Morgan fingerprint density at radius 3 is 0.583 bits per heavy atom. The summed E-state index contributed by atoms with van der Waals surface area (Å²) in [6.45, 7) is 62.1. The standard InChI is InChI=1S/C23H70ClPSi11/c1-26(2,3)33(22,27(4,5)6)35(24,34(23,28(7,8)9)29(10,11)12)25-36(30(13,14)15,31(16,17)18)32(19,20)21/h25H,1-23H3. The molecule has 0 radical (unpaired) electrons. The predicted octanol–water partition coefficient (Wildman–Crippen LogP) is 10.5. The SMILES string of the molecule is C[Si](C)(C)[Si](C)([Si](C)(C)C)[Si](Cl)(P[Si]([Si](C)(C)C)([Si](C)(C)C)[Si](C)(C)C)[Si](C)([Si](C)(C)C)[Si](C)(C)C. The largest absolute Gasteiger partial charge is 0.170 e. The van der Waals surface area contributed by atoms with Crippen LogP contribution in [0.5, 0.6) is 0 Å². The predicted molar refractivity (Wildman–Crippen MR) is 212 cm³/mol. The average Bonchev–Trinajstić information content (AvgIpc) is 2.49. The summed E-state index contributed by atoms with van der Waals surface area (Å²) in [7, 11) is -8.63. The number of hydrogen-bond acceptors (Lipinski definition) is 0. The van der Waals surface area contributed by atoms with Gasteiger partial charge >= 0.3 is 0 Å². The molecule has 0 amide bonds. The molecule has 1 atom stereocenters. The van der Waals surface area contributed by atoms with Crippen LogP contribution in [0.1, 0.15) is 0 Å². The maximum Gasteiger partial charge on any atom is 0.145 e. The van der Waals surface area contributed by atoms with Gasteiger partial charge in [-0.3, -0.25) is 0 Å². The minimum atomic E-state index is -2.07. The van der Waals surface area contributed by atoms with Gasteiger partial charge < -0.3 is 0 Å². The van der Waals surface area contributed by atoms with Gasteiger partial charge in [-0.2, -0.15) is 11.1 Å². The van der Waals surface area contributed by atoms with Gasteiger partial charge in [-0.05, 0) is 0 Å². The fraction of sp³-hybridized carbons (Fsp3) is 1.00. The molecule has 13 heteroatoms. The first kappa shape index (κ1) is 39.1. The lowest BCUT2D eigenvalue weighted by atomic mass is 11.8. The van der Waals surface area contributed by atoms with Crippen LogP contribution in [-0.4, -0.2) is 78.8 Å². The molecule has 218 valence electrons. The molecule has 0 N–H and O–H groups in total.